The first-order chi connectivity index (χ1) is 7.14. The predicted octanol–water partition coefficient (Wildman–Crippen LogP) is 3.07. The fraction of sp³-hybridized carbons (Fsp3) is 0.769. The number of carbonyl (C=O) groups is 1. The summed E-state index contributed by atoms with van der Waals surface area (Å²) >= 11 is 0. The SMILES string of the molecule is C#CCCC1(C(=O)O)CCCC(CC)C1. The maximum atomic E-state index is 11.4. The molecule has 0 spiro atoms. The summed E-state index contributed by atoms with van der Waals surface area (Å²) in [4.78, 5) is 11.4. The lowest BCUT2D eigenvalue weighted by atomic mass is 9.66. The molecule has 1 aliphatic rings. The van der Waals surface area contributed by atoms with Crippen LogP contribution in [0.3, 0.4) is 0 Å². The number of carboxylic acids is 1. The zero-order chi connectivity index (χ0) is 11.3. The number of terminal acetylenes is 1. The number of aliphatic carboxylic acids is 1. The van der Waals surface area contributed by atoms with Crippen LogP contribution >= 0.6 is 0 Å². The predicted molar refractivity (Wildman–Crippen MR) is 60.4 cm³/mol. The van der Waals surface area contributed by atoms with Crippen LogP contribution in [0.5, 0.6) is 0 Å². The number of carboxylic acid groups (broad SMARTS) is 1. The van der Waals surface area contributed by atoms with Gasteiger partial charge in [-0.1, -0.05) is 26.2 Å². The molecule has 2 atom stereocenters. The van der Waals surface area contributed by atoms with Crippen LogP contribution in [-0.2, 0) is 4.79 Å². The minimum absolute atomic E-state index is 0.523. The van der Waals surface area contributed by atoms with Crippen molar-refractivity contribution >= 4 is 5.97 Å². The molecule has 1 fully saturated rings. The Bertz CT molecular complexity index is 264. The van der Waals surface area contributed by atoms with Crippen LogP contribution in [0.25, 0.3) is 0 Å². The molecule has 0 bridgehead atoms. The van der Waals surface area contributed by atoms with Gasteiger partial charge in [0, 0.05) is 6.42 Å². The molecule has 0 aromatic heterocycles. The van der Waals surface area contributed by atoms with Crippen molar-refractivity contribution in [3.8, 4) is 12.3 Å². The van der Waals surface area contributed by atoms with E-state index in [-0.39, 0.29) is 0 Å². The summed E-state index contributed by atoms with van der Waals surface area (Å²) in [5.74, 6) is 2.50. The van der Waals surface area contributed by atoms with Crippen LogP contribution in [0.2, 0.25) is 0 Å². The highest BCUT2D eigenvalue weighted by Gasteiger charge is 2.41. The highest BCUT2D eigenvalue weighted by atomic mass is 16.4. The van der Waals surface area contributed by atoms with E-state index in [2.05, 4.69) is 12.8 Å². The molecule has 1 saturated carbocycles. The van der Waals surface area contributed by atoms with Gasteiger partial charge in [0.15, 0.2) is 0 Å². The fourth-order valence-corrected chi connectivity index (χ4v) is 2.67. The van der Waals surface area contributed by atoms with Gasteiger partial charge in [-0.05, 0) is 25.2 Å². The van der Waals surface area contributed by atoms with E-state index in [1.54, 1.807) is 0 Å². The number of hydrogen-bond acceptors (Lipinski definition) is 1. The lowest BCUT2D eigenvalue weighted by Crippen LogP contribution is -2.36. The topological polar surface area (TPSA) is 37.3 Å². The maximum Gasteiger partial charge on any atom is 0.309 e. The molecular weight excluding hydrogens is 188 g/mol. The lowest BCUT2D eigenvalue weighted by Gasteiger charge is -2.37. The van der Waals surface area contributed by atoms with Crippen molar-refractivity contribution in [3.63, 3.8) is 0 Å². The van der Waals surface area contributed by atoms with Crippen LogP contribution in [0.4, 0.5) is 0 Å². The highest BCUT2D eigenvalue weighted by Crippen LogP contribution is 2.44. The van der Waals surface area contributed by atoms with Gasteiger partial charge in [-0.2, -0.15) is 0 Å². The average Bonchev–Trinajstić information content (AvgIpc) is 2.26. The van der Waals surface area contributed by atoms with E-state index in [1.807, 2.05) is 0 Å². The number of rotatable bonds is 4. The molecule has 1 N–H and O–H groups in total. The minimum atomic E-state index is -0.643. The average molecular weight is 208 g/mol. The molecule has 0 amide bonds. The second-order valence-electron chi connectivity index (χ2n) is 4.66. The van der Waals surface area contributed by atoms with E-state index < -0.39 is 11.4 Å². The van der Waals surface area contributed by atoms with Crippen LogP contribution in [0, 0.1) is 23.7 Å². The van der Waals surface area contributed by atoms with Crippen molar-refractivity contribution in [3.05, 3.63) is 0 Å². The Kier molecular flexibility index (Phi) is 4.20. The van der Waals surface area contributed by atoms with Crippen LogP contribution in [-0.4, -0.2) is 11.1 Å². The van der Waals surface area contributed by atoms with E-state index in [0.29, 0.717) is 18.8 Å². The van der Waals surface area contributed by atoms with E-state index in [4.69, 9.17) is 6.42 Å². The second-order valence-corrected chi connectivity index (χ2v) is 4.66. The zero-order valence-corrected chi connectivity index (χ0v) is 9.46. The van der Waals surface area contributed by atoms with Gasteiger partial charge in [-0.25, -0.2) is 0 Å². The van der Waals surface area contributed by atoms with Gasteiger partial charge in [0.2, 0.25) is 0 Å². The molecule has 0 radical (unpaired) electrons. The first-order valence-corrected chi connectivity index (χ1v) is 5.81. The first kappa shape index (κ1) is 12.1. The van der Waals surface area contributed by atoms with Gasteiger partial charge in [-0.15, -0.1) is 12.3 Å². The van der Waals surface area contributed by atoms with Gasteiger partial charge in [0.25, 0.3) is 0 Å². The van der Waals surface area contributed by atoms with Gasteiger partial charge in [0.05, 0.1) is 5.41 Å². The maximum absolute atomic E-state index is 11.4. The van der Waals surface area contributed by atoms with Gasteiger partial charge < -0.3 is 5.11 Å². The van der Waals surface area contributed by atoms with Crippen LogP contribution in [0.1, 0.15) is 51.9 Å². The van der Waals surface area contributed by atoms with E-state index >= 15 is 0 Å². The lowest BCUT2D eigenvalue weighted by molar-refractivity contribution is -0.152. The fourth-order valence-electron chi connectivity index (χ4n) is 2.67. The molecule has 0 aliphatic heterocycles. The third-order valence-electron chi connectivity index (χ3n) is 3.73. The minimum Gasteiger partial charge on any atom is -0.481 e. The molecule has 84 valence electrons. The molecule has 0 saturated heterocycles. The molecular formula is C13H20O2. The Balaban J connectivity index is 2.72. The van der Waals surface area contributed by atoms with Crippen molar-refractivity contribution in [2.45, 2.75) is 51.9 Å². The van der Waals surface area contributed by atoms with Crippen LogP contribution in [0.15, 0.2) is 0 Å². The van der Waals surface area contributed by atoms with E-state index in [9.17, 15) is 9.90 Å². The third kappa shape index (κ3) is 2.75. The van der Waals surface area contributed by atoms with E-state index in [0.717, 1.165) is 25.7 Å². The largest absolute Gasteiger partial charge is 0.481 e. The van der Waals surface area contributed by atoms with Crippen molar-refractivity contribution in [1.82, 2.24) is 0 Å². The molecule has 0 aromatic carbocycles. The first-order valence-electron chi connectivity index (χ1n) is 5.81. The summed E-state index contributed by atoms with van der Waals surface area (Å²) in [6.45, 7) is 2.14. The van der Waals surface area contributed by atoms with Crippen molar-refractivity contribution in [2.75, 3.05) is 0 Å². The van der Waals surface area contributed by atoms with Gasteiger partial charge in [-0.3, -0.25) is 4.79 Å². The quantitative estimate of drug-likeness (QED) is 0.721. The Morgan fingerprint density at radius 1 is 1.67 bits per heavy atom. The summed E-state index contributed by atoms with van der Waals surface area (Å²) < 4.78 is 0. The van der Waals surface area contributed by atoms with E-state index in [1.165, 1.54) is 6.42 Å². The zero-order valence-electron chi connectivity index (χ0n) is 9.46. The Morgan fingerprint density at radius 3 is 2.93 bits per heavy atom. The van der Waals surface area contributed by atoms with Crippen molar-refractivity contribution < 1.29 is 9.90 Å². The normalized spacial score (nSPS) is 30.8. The molecule has 2 heteroatoms. The summed E-state index contributed by atoms with van der Waals surface area (Å²) in [6.07, 6.45) is 11.4. The highest BCUT2D eigenvalue weighted by molar-refractivity contribution is 5.74. The molecule has 0 heterocycles. The monoisotopic (exact) mass is 208 g/mol. The van der Waals surface area contributed by atoms with Crippen molar-refractivity contribution in [1.29, 1.82) is 0 Å². The smallest absolute Gasteiger partial charge is 0.309 e. The summed E-state index contributed by atoms with van der Waals surface area (Å²) in [6, 6.07) is 0. The Labute approximate surface area is 92.1 Å². The van der Waals surface area contributed by atoms with Crippen molar-refractivity contribution in [2.24, 2.45) is 11.3 Å². The second kappa shape index (κ2) is 5.21. The summed E-state index contributed by atoms with van der Waals surface area (Å²) in [5, 5.41) is 9.36. The van der Waals surface area contributed by atoms with Gasteiger partial charge in [0.1, 0.15) is 0 Å². The molecule has 0 aromatic rings. The summed E-state index contributed by atoms with van der Waals surface area (Å²) in [5.41, 5.74) is -0.523. The molecule has 1 rings (SSSR count). The standard InChI is InChI=1S/C13H20O2/c1-3-5-8-13(12(14)15)9-6-7-11(4-2)10-13/h1,11H,4-10H2,2H3,(H,14,15). The Morgan fingerprint density at radius 2 is 2.40 bits per heavy atom. The van der Waals surface area contributed by atoms with Crippen LogP contribution < -0.4 is 0 Å². The third-order valence-corrected chi connectivity index (χ3v) is 3.73. The number of hydrogen-bond donors (Lipinski definition) is 1. The summed E-state index contributed by atoms with van der Waals surface area (Å²) in [7, 11) is 0. The Hall–Kier alpha value is -0.970. The molecule has 2 unspecified atom stereocenters. The molecule has 2 nitrogen and oxygen atoms in total. The van der Waals surface area contributed by atoms with Gasteiger partial charge >= 0.3 is 5.97 Å². The molecule has 15 heavy (non-hydrogen) atoms. The molecule has 1 aliphatic carbocycles.